The molecule has 2 aromatic rings. The smallest absolute Gasteiger partial charge is 0.244 e. The first-order valence-electron chi connectivity index (χ1n) is 11.4. The second-order valence-electron chi connectivity index (χ2n) is 8.66. The minimum atomic E-state index is -3.84. The van der Waals surface area contributed by atoms with Crippen LogP contribution in [0.5, 0.6) is 5.75 Å². The van der Waals surface area contributed by atoms with Gasteiger partial charge in [0.15, 0.2) is 0 Å². The summed E-state index contributed by atoms with van der Waals surface area (Å²) in [5, 5.41) is 3.11. The lowest BCUT2D eigenvalue weighted by atomic mass is 10.1. The van der Waals surface area contributed by atoms with Gasteiger partial charge in [0.1, 0.15) is 18.3 Å². The van der Waals surface area contributed by atoms with E-state index in [1.807, 2.05) is 51.1 Å². The van der Waals surface area contributed by atoms with Gasteiger partial charge in [-0.2, -0.15) is 0 Å². The van der Waals surface area contributed by atoms with Gasteiger partial charge in [-0.25, -0.2) is 8.42 Å². The zero-order valence-electron chi connectivity index (χ0n) is 20.8. The van der Waals surface area contributed by atoms with Crippen LogP contribution in [0, 0.1) is 5.92 Å². The average molecular weight is 524 g/mol. The maximum Gasteiger partial charge on any atom is 0.244 e. The quantitative estimate of drug-likeness (QED) is 0.457. The van der Waals surface area contributed by atoms with E-state index in [1.165, 1.54) is 30.2 Å². The molecular formula is C25H34ClN3O5S. The van der Waals surface area contributed by atoms with Crippen LogP contribution in [-0.4, -0.2) is 57.6 Å². The van der Waals surface area contributed by atoms with E-state index in [9.17, 15) is 18.0 Å². The number of carbonyl (C=O) groups is 2. The molecule has 35 heavy (non-hydrogen) atoms. The number of carbonyl (C=O) groups excluding carboxylic acids is 2. The zero-order valence-corrected chi connectivity index (χ0v) is 22.4. The summed E-state index contributed by atoms with van der Waals surface area (Å²) in [5.74, 6) is -0.148. The number of sulfonamides is 1. The van der Waals surface area contributed by atoms with Gasteiger partial charge in [-0.05, 0) is 36.1 Å². The lowest BCUT2D eigenvalue weighted by Gasteiger charge is -2.33. The number of methoxy groups -OCH3 is 1. The van der Waals surface area contributed by atoms with Gasteiger partial charge < -0.3 is 15.0 Å². The van der Waals surface area contributed by atoms with Gasteiger partial charge in [0.2, 0.25) is 21.8 Å². The highest BCUT2D eigenvalue weighted by molar-refractivity contribution is 7.92. The molecule has 1 N–H and O–H groups in total. The van der Waals surface area contributed by atoms with Crippen molar-refractivity contribution in [2.24, 2.45) is 5.92 Å². The van der Waals surface area contributed by atoms with Crippen LogP contribution in [0.2, 0.25) is 5.02 Å². The van der Waals surface area contributed by atoms with Crippen molar-refractivity contribution in [1.29, 1.82) is 0 Å². The summed E-state index contributed by atoms with van der Waals surface area (Å²) in [4.78, 5) is 28.1. The van der Waals surface area contributed by atoms with Gasteiger partial charge in [0, 0.05) is 13.1 Å². The van der Waals surface area contributed by atoms with E-state index in [0.717, 1.165) is 16.1 Å². The number of nitrogens with one attached hydrogen (secondary N) is 1. The Kier molecular flexibility index (Phi) is 10.4. The van der Waals surface area contributed by atoms with Crippen LogP contribution in [0.1, 0.15) is 32.8 Å². The molecule has 0 aromatic heterocycles. The molecule has 0 spiro atoms. The second kappa shape index (κ2) is 12.8. The Hall–Kier alpha value is -2.78. The van der Waals surface area contributed by atoms with Gasteiger partial charge in [0.25, 0.3) is 0 Å². The normalized spacial score (nSPS) is 12.2. The Morgan fingerprint density at radius 3 is 2.29 bits per heavy atom. The minimum absolute atomic E-state index is 0.161. The summed E-state index contributed by atoms with van der Waals surface area (Å²) >= 11 is 6.21. The van der Waals surface area contributed by atoms with E-state index in [-0.39, 0.29) is 29.1 Å². The molecular weight excluding hydrogens is 490 g/mol. The molecule has 192 valence electrons. The van der Waals surface area contributed by atoms with Crippen molar-refractivity contribution < 1.29 is 22.7 Å². The van der Waals surface area contributed by atoms with E-state index in [2.05, 4.69) is 5.32 Å². The Labute approximate surface area is 213 Å². The Morgan fingerprint density at radius 2 is 1.77 bits per heavy atom. The Bertz CT molecular complexity index is 1110. The summed E-state index contributed by atoms with van der Waals surface area (Å²) in [6.45, 7) is 5.94. The summed E-state index contributed by atoms with van der Waals surface area (Å²) in [5.41, 5.74) is 1.05. The number of nitrogens with zero attached hydrogens (tertiary/aromatic N) is 2. The lowest BCUT2D eigenvalue weighted by molar-refractivity contribution is -0.140. The molecule has 0 aliphatic heterocycles. The monoisotopic (exact) mass is 523 g/mol. The van der Waals surface area contributed by atoms with Crippen LogP contribution >= 0.6 is 11.6 Å². The highest BCUT2D eigenvalue weighted by Gasteiger charge is 2.31. The second-order valence-corrected chi connectivity index (χ2v) is 11.0. The summed E-state index contributed by atoms with van der Waals surface area (Å²) in [6, 6.07) is 13.0. The van der Waals surface area contributed by atoms with Crippen molar-refractivity contribution in [3.63, 3.8) is 0 Å². The molecule has 0 heterocycles. The van der Waals surface area contributed by atoms with Crippen molar-refractivity contribution in [3.05, 3.63) is 59.1 Å². The fourth-order valence-electron chi connectivity index (χ4n) is 3.55. The maximum absolute atomic E-state index is 13.6. The third-order valence-electron chi connectivity index (χ3n) is 5.37. The largest absolute Gasteiger partial charge is 0.495 e. The summed E-state index contributed by atoms with van der Waals surface area (Å²) < 4.78 is 31.5. The minimum Gasteiger partial charge on any atom is -0.495 e. The fraction of sp³-hybridized carbons (Fsp3) is 0.440. The predicted molar refractivity (Wildman–Crippen MR) is 139 cm³/mol. The van der Waals surface area contributed by atoms with Crippen LogP contribution in [0.25, 0.3) is 0 Å². The highest BCUT2D eigenvalue weighted by atomic mass is 35.5. The first kappa shape index (κ1) is 28.5. The SMILES string of the molecule is CC[C@@H](C(=O)NCC(C)C)N(Cc1ccccc1)C(=O)CN(c1ccc(OC)c(Cl)c1)S(C)(=O)=O. The molecule has 0 radical (unpaired) electrons. The Balaban J connectivity index is 2.42. The average Bonchev–Trinajstić information content (AvgIpc) is 2.80. The van der Waals surface area contributed by atoms with Gasteiger partial charge in [0.05, 0.1) is 24.1 Å². The first-order chi connectivity index (χ1) is 16.5. The van der Waals surface area contributed by atoms with Crippen LogP contribution < -0.4 is 14.4 Å². The molecule has 2 rings (SSSR count). The number of benzene rings is 2. The van der Waals surface area contributed by atoms with Crippen LogP contribution in [0.4, 0.5) is 5.69 Å². The van der Waals surface area contributed by atoms with Gasteiger partial charge in [-0.3, -0.25) is 13.9 Å². The van der Waals surface area contributed by atoms with Crippen LogP contribution in [0.15, 0.2) is 48.5 Å². The van der Waals surface area contributed by atoms with Gasteiger partial charge in [-0.15, -0.1) is 0 Å². The van der Waals surface area contributed by atoms with Crippen molar-refractivity contribution >= 4 is 39.1 Å². The van der Waals surface area contributed by atoms with E-state index >= 15 is 0 Å². The predicted octanol–water partition coefficient (Wildman–Crippen LogP) is 3.69. The fourth-order valence-corrected chi connectivity index (χ4v) is 4.64. The molecule has 0 saturated carbocycles. The van der Waals surface area contributed by atoms with E-state index in [0.29, 0.717) is 18.7 Å². The van der Waals surface area contributed by atoms with Gasteiger partial charge in [-0.1, -0.05) is 62.7 Å². The van der Waals surface area contributed by atoms with Crippen molar-refractivity contribution in [1.82, 2.24) is 10.2 Å². The summed E-state index contributed by atoms with van der Waals surface area (Å²) in [7, 11) is -2.39. The molecule has 10 heteroatoms. The number of rotatable bonds is 12. The number of amides is 2. The Morgan fingerprint density at radius 1 is 1.11 bits per heavy atom. The number of halogens is 1. The molecule has 2 amide bonds. The standard InChI is InChI=1S/C25H34ClN3O5S/c1-6-22(25(31)27-15-18(2)3)28(16-19-10-8-7-9-11-19)24(30)17-29(35(5,32)33)20-12-13-23(34-4)21(26)14-20/h7-14,18,22H,6,15-17H2,1-5H3,(H,27,31)/t22-/m0/s1. The third-order valence-corrected chi connectivity index (χ3v) is 6.80. The van der Waals surface area contributed by atoms with E-state index in [1.54, 1.807) is 0 Å². The molecule has 0 bridgehead atoms. The van der Waals surface area contributed by atoms with E-state index in [4.69, 9.17) is 16.3 Å². The van der Waals surface area contributed by atoms with Crippen molar-refractivity contribution in [3.8, 4) is 5.75 Å². The molecule has 1 atom stereocenters. The maximum atomic E-state index is 13.6. The van der Waals surface area contributed by atoms with Crippen LogP contribution in [-0.2, 0) is 26.2 Å². The number of anilines is 1. The molecule has 8 nitrogen and oxygen atoms in total. The van der Waals surface area contributed by atoms with E-state index < -0.39 is 28.5 Å². The highest BCUT2D eigenvalue weighted by Crippen LogP contribution is 2.30. The molecule has 0 saturated heterocycles. The lowest BCUT2D eigenvalue weighted by Crippen LogP contribution is -2.52. The molecule has 0 fully saturated rings. The third kappa shape index (κ3) is 8.14. The number of hydrogen-bond donors (Lipinski definition) is 1. The molecule has 0 aliphatic rings. The molecule has 2 aromatic carbocycles. The topological polar surface area (TPSA) is 96.0 Å². The van der Waals surface area contributed by atoms with Gasteiger partial charge >= 0.3 is 0 Å². The first-order valence-corrected chi connectivity index (χ1v) is 13.6. The molecule has 0 aliphatic carbocycles. The summed E-state index contributed by atoms with van der Waals surface area (Å²) in [6.07, 6.45) is 1.39. The number of hydrogen-bond acceptors (Lipinski definition) is 5. The number of ether oxygens (including phenoxy) is 1. The van der Waals surface area contributed by atoms with Crippen molar-refractivity contribution in [2.75, 3.05) is 30.8 Å². The van der Waals surface area contributed by atoms with Crippen LogP contribution in [0.3, 0.4) is 0 Å². The van der Waals surface area contributed by atoms with Crippen molar-refractivity contribution in [2.45, 2.75) is 39.8 Å². The molecule has 0 unspecified atom stereocenters. The zero-order chi connectivity index (χ0) is 26.2.